The van der Waals surface area contributed by atoms with E-state index in [0.29, 0.717) is 18.7 Å². The molecule has 1 unspecified atom stereocenters. The Balaban J connectivity index is 0.00000312. The Bertz CT molecular complexity index is 565. The minimum atomic E-state index is -4.38. The Morgan fingerprint density at radius 2 is 2.08 bits per heavy atom. The number of carbonyl (C=O) groups is 1. The minimum absolute atomic E-state index is 0. The maximum atomic E-state index is 12.9. The number of carbonyl (C=O) groups excluding carboxylic acids is 1. The van der Waals surface area contributed by atoms with Gasteiger partial charge in [0.15, 0.2) is 0 Å². The van der Waals surface area contributed by atoms with Crippen molar-refractivity contribution in [3.8, 4) is 0 Å². The van der Waals surface area contributed by atoms with Gasteiger partial charge in [-0.15, -0.1) is 12.4 Å². The Kier molecular flexibility index (Phi) is 8.18. The van der Waals surface area contributed by atoms with Crippen LogP contribution in [0.2, 0.25) is 0 Å². The van der Waals surface area contributed by atoms with Crippen molar-refractivity contribution in [2.75, 3.05) is 26.8 Å². The summed E-state index contributed by atoms with van der Waals surface area (Å²) < 4.78 is 43.6. The van der Waals surface area contributed by atoms with Crippen LogP contribution in [-0.4, -0.2) is 43.7 Å². The number of hydrogen-bond donors (Lipinski definition) is 1. The Hall–Kier alpha value is -1.31. The summed E-state index contributed by atoms with van der Waals surface area (Å²) in [6.07, 6.45) is -2.59. The molecule has 8 heteroatoms. The van der Waals surface area contributed by atoms with E-state index in [9.17, 15) is 18.0 Å². The molecule has 0 aliphatic heterocycles. The Labute approximate surface area is 152 Å². The number of methoxy groups -OCH3 is 1. The second-order valence-corrected chi connectivity index (χ2v) is 6.00. The van der Waals surface area contributed by atoms with Crippen LogP contribution in [0.3, 0.4) is 0 Å². The van der Waals surface area contributed by atoms with Gasteiger partial charge >= 0.3 is 6.18 Å². The van der Waals surface area contributed by atoms with Crippen LogP contribution in [0.25, 0.3) is 0 Å². The summed E-state index contributed by atoms with van der Waals surface area (Å²) in [4.78, 5) is 14.2. The van der Waals surface area contributed by atoms with Gasteiger partial charge in [0.2, 0.25) is 5.91 Å². The van der Waals surface area contributed by atoms with Crippen molar-refractivity contribution in [2.24, 2.45) is 0 Å². The average Bonchev–Trinajstić information content (AvgIpc) is 3.36. The zero-order chi connectivity index (χ0) is 17.7. The molecule has 1 aromatic carbocycles. The highest BCUT2D eigenvalue weighted by Gasteiger charge is 2.37. The normalized spacial score (nSPS) is 15.4. The van der Waals surface area contributed by atoms with Gasteiger partial charge in [0, 0.05) is 19.7 Å². The van der Waals surface area contributed by atoms with Gasteiger partial charge in [-0.2, -0.15) is 13.2 Å². The largest absolute Gasteiger partial charge is 0.416 e. The van der Waals surface area contributed by atoms with Crippen LogP contribution in [0.4, 0.5) is 13.2 Å². The van der Waals surface area contributed by atoms with E-state index in [1.165, 1.54) is 6.07 Å². The lowest BCUT2D eigenvalue weighted by Crippen LogP contribution is -2.41. The molecule has 1 N–H and O–H groups in total. The summed E-state index contributed by atoms with van der Waals surface area (Å²) in [5, 5.41) is 2.99. The van der Waals surface area contributed by atoms with E-state index in [0.717, 1.165) is 25.0 Å². The van der Waals surface area contributed by atoms with Gasteiger partial charge in [0.05, 0.1) is 24.8 Å². The van der Waals surface area contributed by atoms with Crippen LogP contribution >= 0.6 is 12.4 Å². The van der Waals surface area contributed by atoms with Gasteiger partial charge < -0.3 is 15.0 Å². The number of nitrogens with zero attached hydrogens (tertiary/aromatic N) is 1. The highest BCUT2D eigenvalue weighted by Crippen LogP contribution is 2.36. The van der Waals surface area contributed by atoms with Crippen LogP contribution in [0.15, 0.2) is 24.3 Å². The molecular formula is C17H24ClF3N2O2. The minimum Gasteiger partial charge on any atom is -0.383 e. The maximum absolute atomic E-state index is 12.9. The van der Waals surface area contributed by atoms with Gasteiger partial charge in [-0.1, -0.05) is 12.1 Å². The summed E-state index contributed by atoms with van der Waals surface area (Å²) in [6, 6.07) is 4.93. The molecule has 1 aromatic rings. The lowest BCUT2D eigenvalue weighted by Gasteiger charge is -2.30. The summed E-state index contributed by atoms with van der Waals surface area (Å²) in [6.45, 7) is 2.99. The molecule has 1 saturated carbocycles. The van der Waals surface area contributed by atoms with Gasteiger partial charge in [0.1, 0.15) is 0 Å². The van der Waals surface area contributed by atoms with E-state index >= 15 is 0 Å². The summed E-state index contributed by atoms with van der Waals surface area (Å²) >= 11 is 0. The fraction of sp³-hybridized carbons (Fsp3) is 0.588. The number of ether oxygens (including phenoxy) is 1. The summed E-state index contributed by atoms with van der Waals surface area (Å²) in [7, 11) is 1.58. The molecule has 1 atom stereocenters. The van der Waals surface area contributed by atoms with E-state index in [2.05, 4.69) is 5.32 Å². The first-order valence-electron chi connectivity index (χ1n) is 8.02. The quantitative estimate of drug-likeness (QED) is 0.703. The van der Waals surface area contributed by atoms with E-state index < -0.39 is 17.8 Å². The second kappa shape index (κ2) is 9.40. The molecule has 4 nitrogen and oxygen atoms in total. The molecule has 1 fully saturated rings. The standard InChI is InChI=1S/C17H23F3N2O2.ClH/c1-12(13-4-3-5-14(10-13)17(18,19)20)22(15-6-7-15)16(23)11-21-8-9-24-2;/h3-5,10,12,15,21H,6-9,11H2,1-2H3;1H. The zero-order valence-electron chi connectivity index (χ0n) is 14.3. The second-order valence-electron chi connectivity index (χ2n) is 6.00. The smallest absolute Gasteiger partial charge is 0.383 e. The molecule has 0 heterocycles. The van der Waals surface area contributed by atoms with Gasteiger partial charge in [-0.25, -0.2) is 0 Å². The van der Waals surface area contributed by atoms with Crippen LogP contribution in [0.5, 0.6) is 0 Å². The van der Waals surface area contributed by atoms with Crippen molar-refractivity contribution in [1.29, 1.82) is 0 Å². The summed E-state index contributed by atoms with van der Waals surface area (Å²) in [5.41, 5.74) is -0.185. The topological polar surface area (TPSA) is 41.6 Å². The molecule has 1 amide bonds. The number of nitrogens with one attached hydrogen (secondary N) is 1. The highest BCUT2D eigenvalue weighted by atomic mass is 35.5. The van der Waals surface area contributed by atoms with Crippen molar-refractivity contribution >= 4 is 18.3 Å². The fourth-order valence-corrected chi connectivity index (χ4v) is 2.68. The molecule has 0 radical (unpaired) electrons. The number of alkyl halides is 3. The van der Waals surface area contributed by atoms with E-state index in [-0.39, 0.29) is 30.9 Å². The first-order chi connectivity index (χ1) is 11.3. The molecule has 0 bridgehead atoms. The van der Waals surface area contributed by atoms with Crippen molar-refractivity contribution in [3.63, 3.8) is 0 Å². The van der Waals surface area contributed by atoms with E-state index in [4.69, 9.17) is 4.74 Å². The fourth-order valence-electron chi connectivity index (χ4n) is 2.68. The monoisotopic (exact) mass is 380 g/mol. The SMILES string of the molecule is COCCNCC(=O)N(C1CC1)C(C)c1cccc(C(F)(F)F)c1.Cl. The number of halogens is 4. The predicted molar refractivity (Wildman–Crippen MR) is 91.7 cm³/mol. The predicted octanol–water partition coefficient (Wildman–Crippen LogP) is 3.42. The Morgan fingerprint density at radius 1 is 1.40 bits per heavy atom. The highest BCUT2D eigenvalue weighted by molar-refractivity contribution is 5.85. The maximum Gasteiger partial charge on any atom is 0.416 e. The number of rotatable bonds is 8. The molecule has 1 aliphatic carbocycles. The van der Waals surface area contributed by atoms with Gasteiger partial charge in [-0.3, -0.25) is 4.79 Å². The van der Waals surface area contributed by atoms with Crippen LogP contribution in [0, 0.1) is 0 Å². The molecule has 142 valence electrons. The number of amides is 1. The lowest BCUT2D eigenvalue weighted by molar-refractivity contribution is -0.137. The average molecular weight is 381 g/mol. The zero-order valence-corrected chi connectivity index (χ0v) is 15.1. The number of benzene rings is 1. The molecule has 0 aromatic heterocycles. The van der Waals surface area contributed by atoms with Crippen molar-refractivity contribution < 1.29 is 22.7 Å². The molecular weight excluding hydrogens is 357 g/mol. The van der Waals surface area contributed by atoms with Crippen molar-refractivity contribution in [2.45, 2.75) is 38.0 Å². The molecule has 1 aliphatic rings. The first kappa shape index (κ1) is 21.7. The van der Waals surface area contributed by atoms with Crippen molar-refractivity contribution in [1.82, 2.24) is 10.2 Å². The van der Waals surface area contributed by atoms with E-state index in [1.807, 2.05) is 0 Å². The lowest BCUT2D eigenvalue weighted by atomic mass is 10.0. The van der Waals surface area contributed by atoms with Crippen LogP contribution < -0.4 is 5.32 Å². The van der Waals surface area contributed by atoms with Crippen LogP contribution in [0.1, 0.15) is 36.9 Å². The third-order valence-corrected chi connectivity index (χ3v) is 4.10. The number of hydrogen-bond acceptors (Lipinski definition) is 3. The van der Waals surface area contributed by atoms with E-state index in [1.54, 1.807) is 25.0 Å². The Morgan fingerprint density at radius 3 is 2.64 bits per heavy atom. The third-order valence-electron chi connectivity index (χ3n) is 4.10. The molecule has 0 saturated heterocycles. The van der Waals surface area contributed by atoms with Crippen molar-refractivity contribution in [3.05, 3.63) is 35.4 Å². The molecule has 25 heavy (non-hydrogen) atoms. The molecule has 2 rings (SSSR count). The third kappa shape index (κ3) is 6.17. The van der Waals surface area contributed by atoms with Gasteiger partial charge in [-0.05, 0) is 37.5 Å². The van der Waals surface area contributed by atoms with Crippen LogP contribution in [-0.2, 0) is 15.7 Å². The summed E-state index contributed by atoms with van der Waals surface area (Å²) in [5.74, 6) is -0.0986. The van der Waals surface area contributed by atoms with Gasteiger partial charge in [0.25, 0.3) is 0 Å². The molecule has 0 spiro atoms. The first-order valence-corrected chi connectivity index (χ1v) is 8.02.